The van der Waals surface area contributed by atoms with E-state index in [0.29, 0.717) is 13.0 Å². The topological polar surface area (TPSA) is 66.8 Å². The smallest absolute Gasteiger partial charge is 0.410 e. The van der Waals surface area contributed by atoms with Crippen molar-refractivity contribution < 1.29 is 19.4 Å². The maximum Gasteiger partial charge on any atom is 0.410 e. The van der Waals surface area contributed by atoms with Crippen LogP contribution in [0.5, 0.6) is 0 Å². The first kappa shape index (κ1) is 14.8. The van der Waals surface area contributed by atoms with E-state index in [1.165, 1.54) is 16.2 Å². The number of nitrogens with zero attached hydrogens (tertiary/aromatic N) is 1. The Hall–Kier alpha value is -1.56. The first-order valence-corrected chi connectivity index (χ1v) is 7.43. The molecule has 0 radical (unpaired) electrons. The van der Waals surface area contributed by atoms with E-state index in [9.17, 15) is 14.7 Å². The van der Waals surface area contributed by atoms with Crippen LogP contribution in [0.3, 0.4) is 0 Å². The predicted molar refractivity (Wildman–Crippen MR) is 75.7 cm³/mol. The van der Waals surface area contributed by atoms with Gasteiger partial charge in [-0.25, -0.2) is 4.79 Å². The second kappa shape index (κ2) is 5.44. The summed E-state index contributed by atoms with van der Waals surface area (Å²) in [4.78, 5) is 26.1. The minimum absolute atomic E-state index is 0.411. The molecule has 20 heavy (non-hydrogen) atoms. The van der Waals surface area contributed by atoms with Gasteiger partial charge in [0.15, 0.2) is 0 Å². The average Bonchev–Trinajstić information content (AvgIpc) is 2.95. The summed E-state index contributed by atoms with van der Waals surface area (Å²) in [5.74, 6) is -1.43. The highest BCUT2D eigenvalue weighted by molar-refractivity contribution is 7.10. The van der Waals surface area contributed by atoms with Crippen LogP contribution in [0.15, 0.2) is 17.5 Å². The average molecular weight is 297 g/mol. The van der Waals surface area contributed by atoms with E-state index in [1.807, 2.05) is 17.5 Å². The van der Waals surface area contributed by atoms with E-state index < -0.39 is 29.6 Å². The van der Waals surface area contributed by atoms with Crippen molar-refractivity contribution in [1.82, 2.24) is 4.90 Å². The van der Waals surface area contributed by atoms with E-state index in [4.69, 9.17) is 4.74 Å². The fraction of sp³-hybridized carbons (Fsp3) is 0.571. The van der Waals surface area contributed by atoms with Crippen LogP contribution in [0.1, 0.15) is 38.1 Å². The minimum Gasteiger partial charge on any atom is -0.481 e. The lowest BCUT2D eigenvalue weighted by atomic mass is 9.99. The number of carboxylic acid groups (broad SMARTS) is 1. The monoisotopic (exact) mass is 297 g/mol. The third-order valence-electron chi connectivity index (χ3n) is 3.18. The number of likely N-dealkylation sites (tertiary alicyclic amines) is 1. The van der Waals surface area contributed by atoms with Gasteiger partial charge in [0, 0.05) is 11.4 Å². The van der Waals surface area contributed by atoms with E-state index in [1.54, 1.807) is 20.8 Å². The highest BCUT2D eigenvalue weighted by Gasteiger charge is 2.44. The highest BCUT2D eigenvalue weighted by atomic mass is 32.1. The third kappa shape index (κ3) is 3.12. The molecule has 1 N–H and O–H groups in total. The van der Waals surface area contributed by atoms with E-state index in [-0.39, 0.29) is 0 Å². The number of ether oxygens (including phenoxy) is 1. The summed E-state index contributed by atoms with van der Waals surface area (Å²) < 4.78 is 5.38. The molecule has 1 aliphatic heterocycles. The first-order chi connectivity index (χ1) is 9.29. The van der Waals surface area contributed by atoms with Crippen LogP contribution in [0, 0.1) is 5.92 Å². The van der Waals surface area contributed by atoms with Crippen LogP contribution >= 0.6 is 11.3 Å². The van der Waals surface area contributed by atoms with Gasteiger partial charge in [-0.1, -0.05) is 6.07 Å². The van der Waals surface area contributed by atoms with Crippen molar-refractivity contribution in [3.63, 3.8) is 0 Å². The summed E-state index contributed by atoms with van der Waals surface area (Å²) in [7, 11) is 0. The Morgan fingerprint density at radius 1 is 1.45 bits per heavy atom. The van der Waals surface area contributed by atoms with Crippen LogP contribution in [-0.2, 0) is 9.53 Å². The predicted octanol–water partition coefficient (Wildman–Crippen LogP) is 3.13. The zero-order valence-electron chi connectivity index (χ0n) is 11.8. The molecule has 0 unspecified atom stereocenters. The van der Waals surface area contributed by atoms with Crippen molar-refractivity contribution in [2.75, 3.05) is 6.54 Å². The molecule has 6 heteroatoms. The zero-order valence-corrected chi connectivity index (χ0v) is 12.6. The number of carbonyl (C=O) groups excluding carboxylic acids is 1. The lowest BCUT2D eigenvalue weighted by molar-refractivity contribution is -0.142. The minimum atomic E-state index is -0.866. The largest absolute Gasteiger partial charge is 0.481 e. The number of carbonyl (C=O) groups is 2. The third-order valence-corrected chi connectivity index (χ3v) is 4.12. The van der Waals surface area contributed by atoms with Gasteiger partial charge in [0.05, 0.1) is 12.0 Å². The van der Waals surface area contributed by atoms with Crippen molar-refractivity contribution in [3.05, 3.63) is 22.4 Å². The summed E-state index contributed by atoms with van der Waals surface area (Å²) >= 11 is 1.47. The van der Waals surface area contributed by atoms with Crippen LogP contribution in [0.25, 0.3) is 0 Å². The molecule has 2 rings (SSSR count). The van der Waals surface area contributed by atoms with Gasteiger partial charge in [-0.15, -0.1) is 11.3 Å². The Morgan fingerprint density at radius 3 is 2.65 bits per heavy atom. The molecule has 1 fully saturated rings. The lowest BCUT2D eigenvalue weighted by Crippen LogP contribution is -2.37. The van der Waals surface area contributed by atoms with Gasteiger partial charge in [-0.3, -0.25) is 9.69 Å². The molecule has 1 aromatic heterocycles. The van der Waals surface area contributed by atoms with Crippen molar-refractivity contribution in [2.24, 2.45) is 5.92 Å². The van der Waals surface area contributed by atoms with Gasteiger partial charge in [-0.05, 0) is 38.6 Å². The van der Waals surface area contributed by atoms with Gasteiger partial charge < -0.3 is 9.84 Å². The lowest BCUT2D eigenvalue weighted by Gasteiger charge is -2.29. The fourth-order valence-electron chi connectivity index (χ4n) is 2.39. The van der Waals surface area contributed by atoms with Gasteiger partial charge in [0.1, 0.15) is 5.60 Å². The van der Waals surface area contributed by atoms with Gasteiger partial charge in [-0.2, -0.15) is 0 Å². The molecule has 0 spiro atoms. The van der Waals surface area contributed by atoms with Crippen molar-refractivity contribution in [2.45, 2.75) is 38.8 Å². The summed E-state index contributed by atoms with van der Waals surface area (Å²) in [5.41, 5.74) is -0.585. The quantitative estimate of drug-likeness (QED) is 0.910. The van der Waals surface area contributed by atoms with Gasteiger partial charge >= 0.3 is 12.1 Å². The van der Waals surface area contributed by atoms with E-state index in [2.05, 4.69) is 0 Å². The SMILES string of the molecule is CC(C)(C)OC(=O)N1CC[C@H](C(=O)O)[C@@H]1c1cccs1. The zero-order chi connectivity index (χ0) is 14.9. The normalized spacial score (nSPS) is 22.9. The summed E-state index contributed by atoms with van der Waals surface area (Å²) in [6.07, 6.45) is 0.0107. The van der Waals surface area contributed by atoms with Gasteiger partial charge in [0.2, 0.25) is 0 Å². The maximum absolute atomic E-state index is 12.3. The number of carboxylic acids is 1. The molecule has 0 saturated carbocycles. The van der Waals surface area contributed by atoms with Crippen molar-refractivity contribution >= 4 is 23.4 Å². The number of amides is 1. The van der Waals surface area contributed by atoms with Crippen LogP contribution in [0.4, 0.5) is 4.79 Å². The van der Waals surface area contributed by atoms with Crippen LogP contribution < -0.4 is 0 Å². The second-order valence-corrected chi connectivity index (χ2v) is 6.85. The molecule has 1 amide bonds. The molecule has 0 bridgehead atoms. The number of hydrogen-bond acceptors (Lipinski definition) is 4. The van der Waals surface area contributed by atoms with Gasteiger partial charge in [0.25, 0.3) is 0 Å². The maximum atomic E-state index is 12.3. The number of aliphatic carboxylic acids is 1. The molecule has 2 heterocycles. The van der Waals surface area contributed by atoms with E-state index >= 15 is 0 Å². The Morgan fingerprint density at radius 2 is 2.15 bits per heavy atom. The van der Waals surface area contributed by atoms with Crippen molar-refractivity contribution in [1.29, 1.82) is 0 Å². The molecule has 2 atom stereocenters. The van der Waals surface area contributed by atoms with Crippen molar-refractivity contribution in [3.8, 4) is 0 Å². The standard InChI is InChI=1S/C14H19NO4S/c1-14(2,3)19-13(18)15-7-6-9(12(16)17)11(15)10-5-4-8-20-10/h4-5,8-9,11H,6-7H2,1-3H3,(H,16,17)/t9-,11+/m0/s1. The number of hydrogen-bond donors (Lipinski definition) is 1. The summed E-state index contributed by atoms with van der Waals surface area (Å²) in [6.45, 7) is 5.82. The Labute approximate surface area is 122 Å². The summed E-state index contributed by atoms with van der Waals surface area (Å²) in [5, 5.41) is 11.2. The first-order valence-electron chi connectivity index (χ1n) is 6.55. The summed E-state index contributed by atoms with van der Waals surface area (Å²) in [6, 6.07) is 3.31. The molecule has 1 aliphatic rings. The molecule has 0 aromatic carbocycles. The molecular formula is C14H19NO4S. The Kier molecular flexibility index (Phi) is 4.04. The molecule has 110 valence electrons. The van der Waals surface area contributed by atoms with Crippen LogP contribution in [0.2, 0.25) is 0 Å². The fourth-order valence-corrected chi connectivity index (χ4v) is 3.29. The molecule has 1 aromatic rings. The second-order valence-electron chi connectivity index (χ2n) is 5.87. The molecule has 1 saturated heterocycles. The Bertz CT molecular complexity index is 492. The Balaban J connectivity index is 2.24. The van der Waals surface area contributed by atoms with E-state index in [0.717, 1.165) is 4.88 Å². The number of thiophene rings is 1. The van der Waals surface area contributed by atoms with Crippen LogP contribution in [-0.4, -0.2) is 34.2 Å². The number of rotatable bonds is 2. The molecular weight excluding hydrogens is 278 g/mol. The molecule has 5 nitrogen and oxygen atoms in total. The highest BCUT2D eigenvalue weighted by Crippen LogP contribution is 2.40. The molecule has 0 aliphatic carbocycles.